The molecule has 0 atom stereocenters. The van der Waals surface area contributed by atoms with E-state index in [1.807, 2.05) is 30.3 Å². The fraction of sp³-hybridized carbons (Fsp3) is 0.316. The fourth-order valence-electron chi connectivity index (χ4n) is 2.59. The fourth-order valence-corrected chi connectivity index (χ4v) is 4.12. The Morgan fingerprint density at radius 1 is 1.19 bits per heavy atom. The molecule has 1 aromatic carbocycles. The van der Waals surface area contributed by atoms with Crippen LogP contribution in [0.15, 0.2) is 46.9 Å². The van der Waals surface area contributed by atoms with Gasteiger partial charge in [-0.05, 0) is 42.5 Å². The highest BCUT2D eigenvalue weighted by molar-refractivity contribution is 7.99. The number of nitrogens with zero attached hydrogens (tertiary/aromatic N) is 3. The summed E-state index contributed by atoms with van der Waals surface area (Å²) in [7, 11) is 0. The molecule has 136 valence electrons. The summed E-state index contributed by atoms with van der Waals surface area (Å²) in [4.78, 5) is 13.5. The maximum absolute atomic E-state index is 12.2. The number of nitrogens with one attached hydrogen (secondary N) is 1. The van der Waals surface area contributed by atoms with Gasteiger partial charge in [0.2, 0.25) is 5.91 Å². The van der Waals surface area contributed by atoms with Crippen molar-refractivity contribution in [3.63, 3.8) is 0 Å². The lowest BCUT2D eigenvalue weighted by atomic mass is 10.1. The third-order valence-electron chi connectivity index (χ3n) is 4.00. The van der Waals surface area contributed by atoms with E-state index in [0.29, 0.717) is 5.75 Å². The van der Waals surface area contributed by atoms with Gasteiger partial charge in [0.15, 0.2) is 5.16 Å². The number of thioether (sulfide) groups is 1. The molecule has 2 heterocycles. The average molecular weight is 387 g/mol. The molecule has 0 bridgehead atoms. The van der Waals surface area contributed by atoms with Crippen molar-refractivity contribution >= 4 is 34.7 Å². The van der Waals surface area contributed by atoms with Crippen LogP contribution < -0.4 is 5.32 Å². The number of aryl methyl sites for hydroxylation is 1. The number of anilines is 1. The van der Waals surface area contributed by atoms with Crippen molar-refractivity contribution in [2.45, 2.75) is 38.4 Å². The molecule has 0 aliphatic rings. The molecular formula is C19H22N4OS2. The van der Waals surface area contributed by atoms with Gasteiger partial charge in [0.05, 0.1) is 5.75 Å². The number of hydrogen-bond acceptors (Lipinski definition) is 5. The van der Waals surface area contributed by atoms with Crippen LogP contribution in [0.3, 0.4) is 0 Å². The highest BCUT2D eigenvalue weighted by atomic mass is 32.2. The Kier molecular flexibility index (Phi) is 6.46. The zero-order valence-corrected chi connectivity index (χ0v) is 16.6. The minimum atomic E-state index is -0.0373. The van der Waals surface area contributed by atoms with Crippen molar-refractivity contribution in [3.8, 4) is 0 Å². The van der Waals surface area contributed by atoms with Crippen LogP contribution in [0.5, 0.6) is 0 Å². The molecule has 5 nitrogen and oxygen atoms in total. The van der Waals surface area contributed by atoms with E-state index in [4.69, 9.17) is 0 Å². The van der Waals surface area contributed by atoms with Crippen molar-refractivity contribution < 1.29 is 4.79 Å². The first-order valence-electron chi connectivity index (χ1n) is 8.65. The molecular weight excluding hydrogens is 364 g/mol. The zero-order chi connectivity index (χ0) is 18.4. The Bertz CT molecular complexity index is 841. The largest absolute Gasteiger partial charge is 0.325 e. The van der Waals surface area contributed by atoms with Gasteiger partial charge in [-0.1, -0.05) is 36.9 Å². The Balaban J connectivity index is 1.58. The molecule has 26 heavy (non-hydrogen) atoms. The normalized spacial score (nSPS) is 10.8. The van der Waals surface area contributed by atoms with Crippen LogP contribution in [0.4, 0.5) is 5.69 Å². The molecule has 0 saturated carbocycles. The van der Waals surface area contributed by atoms with E-state index >= 15 is 0 Å². The van der Waals surface area contributed by atoms with Crippen molar-refractivity contribution in [1.29, 1.82) is 0 Å². The quantitative estimate of drug-likeness (QED) is 0.588. The van der Waals surface area contributed by atoms with E-state index in [2.05, 4.69) is 45.4 Å². The van der Waals surface area contributed by atoms with E-state index in [0.717, 1.165) is 36.1 Å². The van der Waals surface area contributed by atoms with Gasteiger partial charge < -0.3 is 9.88 Å². The van der Waals surface area contributed by atoms with E-state index in [-0.39, 0.29) is 5.91 Å². The molecule has 0 spiro atoms. The summed E-state index contributed by atoms with van der Waals surface area (Å²) in [5, 5.41) is 14.4. The Morgan fingerprint density at radius 3 is 2.65 bits per heavy atom. The van der Waals surface area contributed by atoms with Crippen LogP contribution in [0.1, 0.15) is 30.1 Å². The van der Waals surface area contributed by atoms with E-state index in [9.17, 15) is 4.79 Å². The monoisotopic (exact) mass is 386 g/mol. The molecule has 0 aliphatic carbocycles. The van der Waals surface area contributed by atoms with Gasteiger partial charge in [0, 0.05) is 23.5 Å². The molecule has 0 fully saturated rings. The van der Waals surface area contributed by atoms with Crippen LogP contribution in [0.2, 0.25) is 0 Å². The number of thiophene rings is 1. The molecule has 3 aromatic rings. The molecule has 0 saturated heterocycles. The Labute approximate surface area is 161 Å². The summed E-state index contributed by atoms with van der Waals surface area (Å²) in [6.07, 6.45) is 1.76. The molecule has 0 unspecified atom stereocenters. The van der Waals surface area contributed by atoms with E-state index < -0.39 is 0 Å². The van der Waals surface area contributed by atoms with E-state index in [1.165, 1.54) is 22.2 Å². The van der Waals surface area contributed by atoms with E-state index in [1.54, 1.807) is 11.3 Å². The lowest BCUT2D eigenvalue weighted by Gasteiger charge is -2.08. The van der Waals surface area contributed by atoms with Gasteiger partial charge in [-0.3, -0.25) is 4.79 Å². The maximum atomic E-state index is 12.2. The number of amides is 1. The van der Waals surface area contributed by atoms with Gasteiger partial charge in [-0.2, -0.15) is 0 Å². The first-order valence-corrected chi connectivity index (χ1v) is 10.5. The standard InChI is InChI=1S/C19H22N4OS2/c1-3-14-7-9-15(10-8-14)20-18(24)13-26-19-22-21-17(23(19)4-2)12-16-6-5-11-25-16/h5-11H,3-4,12-13H2,1-2H3,(H,20,24). The summed E-state index contributed by atoms with van der Waals surface area (Å²) >= 11 is 3.14. The number of carbonyl (C=O) groups is 1. The van der Waals surface area contributed by atoms with Crippen molar-refractivity contribution in [2.75, 3.05) is 11.1 Å². The van der Waals surface area contributed by atoms with Gasteiger partial charge in [-0.25, -0.2) is 0 Å². The molecule has 0 aliphatic heterocycles. The van der Waals surface area contributed by atoms with Crippen LogP contribution in [0.25, 0.3) is 0 Å². The predicted molar refractivity (Wildman–Crippen MR) is 108 cm³/mol. The van der Waals surface area contributed by atoms with Gasteiger partial charge in [-0.15, -0.1) is 21.5 Å². The summed E-state index contributed by atoms with van der Waals surface area (Å²) in [5.41, 5.74) is 2.08. The third kappa shape index (κ3) is 4.74. The average Bonchev–Trinajstić information content (AvgIpc) is 3.30. The molecule has 3 rings (SSSR count). The molecule has 0 radical (unpaired) electrons. The first kappa shape index (κ1) is 18.7. The lowest BCUT2D eigenvalue weighted by Crippen LogP contribution is -2.14. The predicted octanol–water partition coefficient (Wildman–Crippen LogP) is 4.24. The molecule has 1 N–H and O–H groups in total. The lowest BCUT2D eigenvalue weighted by molar-refractivity contribution is -0.113. The van der Waals surface area contributed by atoms with Crippen molar-refractivity contribution in [1.82, 2.24) is 14.8 Å². The first-order chi connectivity index (χ1) is 12.7. The highest BCUT2D eigenvalue weighted by Crippen LogP contribution is 2.21. The summed E-state index contributed by atoms with van der Waals surface area (Å²) in [5.74, 6) is 1.21. The molecule has 1 amide bonds. The number of hydrogen-bond donors (Lipinski definition) is 1. The maximum Gasteiger partial charge on any atom is 0.234 e. The van der Waals surface area contributed by atoms with Crippen LogP contribution in [-0.4, -0.2) is 26.4 Å². The van der Waals surface area contributed by atoms with Crippen LogP contribution >= 0.6 is 23.1 Å². The molecule has 7 heteroatoms. The minimum Gasteiger partial charge on any atom is -0.325 e. The second-order valence-electron chi connectivity index (χ2n) is 5.79. The minimum absolute atomic E-state index is 0.0373. The van der Waals surface area contributed by atoms with Gasteiger partial charge in [0.25, 0.3) is 0 Å². The smallest absolute Gasteiger partial charge is 0.234 e. The van der Waals surface area contributed by atoms with Crippen LogP contribution in [0, 0.1) is 0 Å². The van der Waals surface area contributed by atoms with Crippen LogP contribution in [-0.2, 0) is 24.2 Å². The van der Waals surface area contributed by atoms with Crippen molar-refractivity contribution in [2.24, 2.45) is 0 Å². The Morgan fingerprint density at radius 2 is 2.00 bits per heavy atom. The highest BCUT2D eigenvalue weighted by Gasteiger charge is 2.14. The number of carbonyl (C=O) groups excluding carboxylic acids is 1. The number of aromatic nitrogens is 3. The summed E-state index contributed by atoms with van der Waals surface area (Å²) < 4.78 is 2.08. The molecule has 2 aromatic heterocycles. The third-order valence-corrected chi connectivity index (χ3v) is 5.84. The second kappa shape index (κ2) is 9.00. The number of benzene rings is 1. The summed E-state index contributed by atoms with van der Waals surface area (Å²) in [6.45, 7) is 4.97. The summed E-state index contributed by atoms with van der Waals surface area (Å²) in [6, 6.07) is 12.1. The van der Waals surface area contributed by atoms with Crippen molar-refractivity contribution in [3.05, 3.63) is 58.0 Å². The van der Waals surface area contributed by atoms with Gasteiger partial charge in [0.1, 0.15) is 5.82 Å². The number of rotatable bonds is 8. The topological polar surface area (TPSA) is 59.8 Å². The van der Waals surface area contributed by atoms with Gasteiger partial charge >= 0.3 is 0 Å². The second-order valence-corrected chi connectivity index (χ2v) is 7.76. The SMILES string of the molecule is CCc1ccc(NC(=O)CSc2nnc(Cc3cccs3)n2CC)cc1. The Hall–Kier alpha value is -2.12. The zero-order valence-electron chi connectivity index (χ0n) is 14.9.